The summed E-state index contributed by atoms with van der Waals surface area (Å²) in [6.45, 7) is 17.2. The average Bonchev–Trinajstić information content (AvgIpc) is 1.03. The van der Waals surface area contributed by atoms with E-state index in [1.165, 1.54) is 117 Å². The molecule has 2 aliphatic carbocycles. The van der Waals surface area contributed by atoms with Crippen molar-refractivity contribution >= 4 is 121 Å². The minimum Gasteiger partial charge on any atom is -0.352 e. The fraction of sp³-hybridized carbons (Fsp3) is 0.362. The van der Waals surface area contributed by atoms with Gasteiger partial charge in [-0.15, -0.1) is 0 Å². The van der Waals surface area contributed by atoms with Crippen molar-refractivity contribution in [2.45, 2.75) is 141 Å². The Labute approximate surface area is 790 Å². The molecule has 10 fully saturated rings. The minimum absolute atomic E-state index is 0.0849. The van der Waals surface area contributed by atoms with Gasteiger partial charge in [-0.25, -0.2) is 96.7 Å². The van der Waals surface area contributed by atoms with E-state index in [9.17, 15) is 45.9 Å². The Morgan fingerprint density at radius 3 is 0.920 bits per heavy atom. The standard InChI is InChI=1S/2C19H20FN7O.C19H19FN6O.C18H18FN7O.C13H9ClFN5O.C6H11N/c2*1-11-8-26-9-12(5-13(20)18(26)23-11)24-19(28)14-6-22-17(7-21-14)27-10-16-15(27)3-4-25(16)2;1-11-8-25-10-13(5-14(20)18(25)23-11)24-19(27)15-6-22-17(7-21-15)26-9-12-3-2-4-16(12)26;1-10-7-25-8-11(4-12(19)17(25)23-10)24-18(27)13-5-22-16(6-21-13)26-9-14-15(26)2-3-20-14;1-7-5-20-6-8(2-9(15)12(20)18-7)19-13(21)10-3-17-11(14)4-16-10;1-2-5-4-7-6(5)3-1/h2*5-9,15-16H,3-4,10H2,1-2H3,(H,24,28);5-8,10,12,16H,2-4,9H2,1H3,(H,24,27);4-8,14-15,20H,2-3,9H2,1H3,(H,24,27);2-6H,1H3,(H,19,21);5-7H,1-4H2. The summed E-state index contributed by atoms with van der Waals surface area (Å²) >= 11 is 5.60. The third kappa shape index (κ3) is 18.9. The monoisotopic (exact) mass is 1900 g/mol. The number of likely N-dealkylation sites (N-methyl/N-ethyl adjacent to an activating group) is 2. The number of nitrogens with zero attached hydrogens (tertiary/aromatic N) is 26. The zero-order valence-electron chi connectivity index (χ0n) is 76.2. The van der Waals surface area contributed by atoms with Crippen LogP contribution >= 0.6 is 11.6 Å². The van der Waals surface area contributed by atoms with Gasteiger partial charge >= 0.3 is 0 Å². The second-order valence-electron chi connectivity index (χ2n) is 36.3. The summed E-state index contributed by atoms with van der Waals surface area (Å²) in [5, 5.41) is 20.3. The zero-order chi connectivity index (χ0) is 95.6. The van der Waals surface area contributed by atoms with Crippen molar-refractivity contribution in [3.8, 4) is 0 Å². The second kappa shape index (κ2) is 38.0. The van der Waals surface area contributed by atoms with Crippen molar-refractivity contribution in [1.82, 2.24) is 117 Å². The van der Waals surface area contributed by atoms with Crippen LogP contribution in [0.25, 0.3) is 28.2 Å². The Hall–Kier alpha value is -14.8. The molecule has 0 bridgehead atoms. The van der Waals surface area contributed by atoms with Crippen LogP contribution in [0, 0.1) is 75.5 Å². The van der Waals surface area contributed by atoms with Gasteiger partial charge in [0, 0.05) is 180 Å². The van der Waals surface area contributed by atoms with E-state index in [0.29, 0.717) is 99.2 Å². The van der Waals surface area contributed by atoms with E-state index >= 15 is 0 Å². The number of carbonyl (C=O) groups excluding carboxylic acids is 5. The number of carbonyl (C=O) groups is 5. The van der Waals surface area contributed by atoms with Crippen molar-refractivity contribution in [2.24, 2.45) is 11.8 Å². The molecular weight excluding hydrogens is 1800 g/mol. The van der Waals surface area contributed by atoms with Gasteiger partial charge in [0.15, 0.2) is 57.3 Å². The summed E-state index contributed by atoms with van der Waals surface area (Å²) in [7, 11) is 4.29. The molecule has 138 heavy (non-hydrogen) atoms. The Morgan fingerprint density at radius 1 is 0.326 bits per heavy atom. The van der Waals surface area contributed by atoms with E-state index in [1.807, 2.05) is 0 Å². The first-order chi connectivity index (χ1) is 66.6. The molecule has 15 aromatic heterocycles. The fourth-order valence-electron chi connectivity index (χ4n) is 19.8. The highest BCUT2D eigenvalue weighted by Gasteiger charge is 2.48. The number of amides is 5. The molecule has 8 saturated heterocycles. The van der Waals surface area contributed by atoms with Crippen LogP contribution < -0.4 is 56.8 Å². The highest BCUT2D eigenvalue weighted by molar-refractivity contribution is 6.29. The molecular formula is C94H97ClF5N33O5. The second-order valence-corrected chi connectivity index (χ2v) is 36.7. The molecule has 10 unspecified atom stereocenters. The van der Waals surface area contributed by atoms with Gasteiger partial charge in [-0.05, 0) is 119 Å². The number of halogens is 6. The number of likely N-dealkylation sites (tertiary alicyclic amines) is 2. The first-order valence-electron chi connectivity index (χ1n) is 45.7. The summed E-state index contributed by atoms with van der Waals surface area (Å²) in [5.74, 6) is 0.282. The minimum atomic E-state index is -0.525. The predicted molar refractivity (Wildman–Crippen MR) is 504 cm³/mol. The van der Waals surface area contributed by atoms with Crippen LogP contribution in [0.5, 0.6) is 0 Å². The lowest BCUT2D eigenvalue weighted by molar-refractivity contribution is 0.101. The van der Waals surface area contributed by atoms with Crippen LogP contribution in [0.3, 0.4) is 0 Å². The normalized spacial score (nSPS) is 21.1. The molecule has 0 spiro atoms. The van der Waals surface area contributed by atoms with Crippen molar-refractivity contribution in [1.29, 1.82) is 0 Å². The van der Waals surface area contributed by atoms with Gasteiger partial charge in [0.2, 0.25) is 0 Å². The smallest absolute Gasteiger partial charge is 0.275 e. The van der Waals surface area contributed by atoms with E-state index in [4.69, 9.17) is 11.6 Å². The third-order valence-electron chi connectivity index (χ3n) is 26.9. The van der Waals surface area contributed by atoms with Gasteiger partial charge in [0.05, 0.1) is 119 Å². The number of aromatic nitrogens is 20. The highest BCUT2D eigenvalue weighted by atomic mass is 35.5. The molecule has 710 valence electrons. The largest absolute Gasteiger partial charge is 0.352 e. The lowest BCUT2D eigenvalue weighted by atomic mass is 9.92. The Kier molecular flexibility index (Phi) is 25.1. The topological polar surface area (TPSA) is 404 Å². The number of imidazole rings is 5. The molecule has 23 heterocycles. The maximum atomic E-state index is 14.2. The summed E-state index contributed by atoms with van der Waals surface area (Å²) in [4.78, 5) is 138. The van der Waals surface area contributed by atoms with E-state index < -0.39 is 58.6 Å². The highest BCUT2D eigenvalue weighted by Crippen LogP contribution is 2.42. The lowest BCUT2D eigenvalue weighted by Gasteiger charge is -2.46. The first-order valence-corrected chi connectivity index (χ1v) is 46.0. The van der Waals surface area contributed by atoms with E-state index in [1.54, 1.807) is 139 Å². The molecule has 7 N–H and O–H groups in total. The third-order valence-corrected chi connectivity index (χ3v) is 27.1. The number of rotatable bonds is 14. The van der Waals surface area contributed by atoms with Gasteiger partial charge in [0.25, 0.3) is 29.5 Å². The van der Waals surface area contributed by atoms with Gasteiger partial charge in [0.1, 0.15) is 56.9 Å². The maximum Gasteiger partial charge on any atom is 0.275 e. The molecule has 0 radical (unpaired) electrons. The van der Waals surface area contributed by atoms with Gasteiger partial charge < -0.3 is 78.8 Å². The Bertz CT molecular complexity index is 6800. The molecule has 15 aromatic rings. The quantitative estimate of drug-likeness (QED) is 0.0497. The van der Waals surface area contributed by atoms with Gasteiger partial charge in [-0.3, -0.25) is 33.8 Å². The summed E-state index contributed by atoms with van der Waals surface area (Å²) in [6, 6.07) is 10.8. The van der Waals surface area contributed by atoms with Crippen molar-refractivity contribution in [3.63, 3.8) is 0 Å². The maximum absolute atomic E-state index is 14.2. The van der Waals surface area contributed by atoms with Crippen LogP contribution in [0.2, 0.25) is 5.15 Å². The van der Waals surface area contributed by atoms with Gasteiger partial charge in [-0.2, -0.15) is 0 Å². The van der Waals surface area contributed by atoms with Crippen molar-refractivity contribution < 1.29 is 45.9 Å². The van der Waals surface area contributed by atoms with Crippen LogP contribution in [0.15, 0.2) is 154 Å². The molecule has 0 aromatic carbocycles. The van der Waals surface area contributed by atoms with Crippen LogP contribution in [-0.4, -0.2) is 251 Å². The zero-order valence-corrected chi connectivity index (χ0v) is 76.9. The van der Waals surface area contributed by atoms with Crippen LogP contribution in [0.4, 0.5) is 73.7 Å². The summed E-state index contributed by atoms with van der Waals surface area (Å²) in [5.41, 5.74) is 7.06. The molecule has 44 heteroatoms. The number of pyridine rings is 5. The average molecular weight is 1900 g/mol. The van der Waals surface area contributed by atoms with Crippen molar-refractivity contribution in [3.05, 3.63) is 245 Å². The molecule has 5 amide bonds. The van der Waals surface area contributed by atoms with Crippen LogP contribution in [-0.2, 0) is 0 Å². The van der Waals surface area contributed by atoms with E-state index in [2.05, 4.69) is 155 Å². The number of anilines is 9. The van der Waals surface area contributed by atoms with E-state index in [-0.39, 0.29) is 61.9 Å². The number of hydrogen-bond acceptors (Lipinski definition) is 28. The van der Waals surface area contributed by atoms with E-state index in [0.717, 1.165) is 106 Å². The SMILES string of the molecule is C1CC2CNC2C1.Cc1cn2cc(NC(=O)c3cnc(Cl)cn3)cc(F)c2n1.Cc1cn2cc(NC(=O)c3cnc(N4CC5C4CCN5C)cn3)cc(F)c2n1.Cc1cn2cc(NC(=O)c3cnc(N4CC5C4CCN5C)cn3)cc(F)c2n1.Cc1cn2cc(NC(=O)c3cnc(N4CC5CCCC54)cn3)cc(F)c2n1.Cc1cn2cc(NC(=O)c3cnc(N4CC5NCCC54)cn3)cc(F)c2n1. The fourth-order valence-corrected chi connectivity index (χ4v) is 19.9. The molecule has 10 atom stereocenters. The van der Waals surface area contributed by atoms with Crippen molar-refractivity contribution in [2.75, 3.05) is 113 Å². The molecule has 38 nitrogen and oxygen atoms in total. The number of hydrogen-bond donors (Lipinski definition) is 7. The summed E-state index contributed by atoms with van der Waals surface area (Å²) < 4.78 is 78.2. The Morgan fingerprint density at radius 2 is 0.645 bits per heavy atom. The van der Waals surface area contributed by atoms with Crippen LogP contribution in [0.1, 0.15) is 139 Å². The Balaban J connectivity index is 0.000000105. The molecule has 2 saturated carbocycles. The number of fused-ring (bicyclic) bond motifs is 10. The van der Waals surface area contributed by atoms with Gasteiger partial charge in [-0.1, -0.05) is 24.4 Å². The first kappa shape index (κ1) is 91.0. The number of aryl methyl sites for hydroxylation is 5. The summed E-state index contributed by atoms with van der Waals surface area (Å²) in [6.07, 6.45) is 42.9. The number of nitrogens with one attached hydrogen (secondary N) is 7. The molecule has 10 aliphatic rings. The lowest BCUT2D eigenvalue weighted by Crippen LogP contribution is -2.61. The predicted octanol–water partition coefficient (Wildman–Crippen LogP) is 10.9. The molecule has 8 aliphatic heterocycles. The molecule has 25 rings (SSSR count).